The zero-order valence-corrected chi connectivity index (χ0v) is 18.8. The lowest BCUT2D eigenvalue weighted by Crippen LogP contribution is -2.38. The van der Waals surface area contributed by atoms with Crippen molar-refractivity contribution in [2.75, 3.05) is 6.61 Å². The van der Waals surface area contributed by atoms with Crippen LogP contribution in [0.2, 0.25) is 0 Å². The minimum absolute atomic E-state index is 0.148. The average Bonchev–Trinajstić information content (AvgIpc) is 3.40. The van der Waals surface area contributed by atoms with Crippen LogP contribution in [0.25, 0.3) is 20.7 Å². The summed E-state index contributed by atoms with van der Waals surface area (Å²) >= 11 is 2.95. The second-order valence-corrected chi connectivity index (χ2v) is 9.56. The molecule has 7 nitrogen and oxygen atoms in total. The SMILES string of the molecule is O=C(COC(=O)Cn1cnc2scc(-c3cccs3)c2c1=O)NC1CCCCCCC1. The van der Waals surface area contributed by atoms with Gasteiger partial charge in [0, 0.05) is 21.9 Å². The van der Waals surface area contributed by atoms with Crippen molar-refractivity contribution in [3.05, 3.63) is 39.6 Å². The number of thiophene rings is 2. The van der Waals surface area contributed by atoms with Crippen LogP contribution in [-0.4, -0.2) is 34.1 Å². The van der Waals surface area contributed by atoms with Gasteiger partial charge in [0.25, 0.3) is 11.5 Å². The van der Waals surface area contributed by atoms with Gasteiger partial charge in [0.1, 0.15) is 11.4 Å². The number of rotatable bonds is 6. The third-order valence-corrected chi connectivity index (χ3v) is 7.27. The van der Waals surface area contributed by atoms with E-state index in [4.69, 9.17) is 4.74 Å². The van der Waals surface area contributed by atoms with Crippen LogP contribution in [0.4, 0.5) is 0 Å². The summed E-state index contributed by atoms with van der Waals surface area (Å²) in [5, 5.41) is 7.33. The van der Waals surface area contributed by atoms with Crippen molar-refractivity contribution in [3.8, 4) is 10.4 Å². The van der Waals surface area contributed by atoms with Gasteiger partial charge in [-0.2, -0.15) is 0 Å². The smallest absolute Gasteiger partial charge is 0.326 e. The molecular weight excluding hydrogens is 434 g/mol. The second-order valence-electron chi connectivity index (χ2n) is 7.75. The average molecular weight is 460 g/mol. The Morgan fingerprint density at radius 1 is 1.16 bits per heavy atom. The van der Waals surface area contributed by atoms with E-state index >= 15 is 0 Å². The molecule has 1 amide bonds. The molecule has 0 atom stereocenters. The van der Waals surface area contributed by atoms with E-state index in [1.54, 1.807) is 11.3 Å². The molecule has 0 saturated heterocycles. The minimum Gasteiger partial charge on any atom is -0.454 e. The van der Waals surface area contributed by atoms with Gasteiger partial charge < -0.3 is 10.1 Å². The summed E-state index contributed by atoms with van der Waals surface area (Å²) in [4.78, 5) is 43.3. The summed E-state index contributed by atoms with van der Waals surface area (Å²) in [6.45, 7) is -0.614. The summed E-state index contributed by atoms with van der Waals surface area (Å²) in [6, 6.07) is 4.03. The molecule has 1 aliphatic rings. The first-order chi connectivity index (χ1) is 15.1. The largest absolute Gasteiger partial charge is 0.454 e. The topological polar surface area (TPSA) is 90.3 Å². The number of ether oxygens (including phenoxy) is 1. The number of nitrogens with zero attached hydrogens (tertiary/aromatic N) is 2. The maximum absolute atomic E-state index is 12.9. The highest BCUT2D eigenvalue weighted by molar-refractivity contribution is 7.18. The van der Waals surface area contributed by atoms with E-state index in [0.717, 1.165) is 36.1 Å². The van der Waals surface area contributed by atoms with Crippen molar-refractivity contribution in [2.24, 2.45) is 0 Å². The van der Waals surface area contributed by atoms with Crippen LogP contribution in [-0.2, 0) is 20.9 Å². The number of aromatic nitrogens is 2. The van der Waals surface area contributed by atoms with Gasteiger partial charge >= 0.3 is 5.97 Å². The Morgan fingerprint density at radius 2 is 1.94 bits per heavy atom. The van der Waals surface area contributed by atoms with Crippen molar-refractivity contribution >= 4 is 44.8 Å². The van der Waals surface area contributed by atoms with E-state index in [0.29, 0.717) is 10.2 Å². The summed E-state index contributed by atoms with van der Waals surface area (Å²) in [7, 11) is 0. The monoisotopic (exact) mass is 459 g/mol. The van der Waals surface area contributed by atoms with Gasteiger partial charge in [-0.1, -0.05) is 38.2 Å². The van der Waals surface area contributed by atoms with E-state index in [1.807, 2.05) is 22.9 Å². The molecule has 164 valence electrons. The molecule has 3 aromatic heterocycles. The number of amides is 1. The first-order valence-corrected chi connectivity index (χ1v) is 12.3. The standard InChI is InChI=1S/C22H25N3O4S2/c26-18(24-15-7-4-2-1-3-5-8-15)12-29-19(27)11-25-14-23-21-20(22(25)28)16(13-31-21)17-9-6-10-30-17/h6,9-10,13-15H,1-5,7-8,11-12H2,(H,24,26). The fourth-order valence-corrected chi connectivity index (χ4v) is 5.61. The van der Waals surface area contributed by atoms with Gasteiger partial charge in [0.2, 0.25) is 0 Å². The molecule has 3 aromatic rings. The van der Waals surface area contributed by atoms with Crippen molar-refractivity contribution in [3.63, 3.8) is 0 Å². The zero-order chi connectivity index (χ0) is 21.6. The Morgan fingerprint density at radius 3 is 2.68 bits per heavy atom. The molecule has 0 bridgehead atoms. The predicted molar refractivity (Wildman–Crippen MR) is 122 cm³/mol. The molecule has 1 saturated carbocycles. The number of esters is 1. The third-order valence-electron chi connectivity index (χ3n) is 5.48. The van der Waals surface area contributed by atoms with Crippen molar-refractivity contribution in [1.29, 1.82) is 0 Å². The highest BCUT2D eigenvalue weighted by atomic mass is 32.1. The second kappa shape index (κ2) is 10.2. The maximum Gasteiger partial charge on any atom is 0.326 e. The summed E-state index contributed by atoms with van der Waals surface area (Å²) < 4.78 is 6.36. The van der Waals surface area contributed by atoms with Gasteiger partial charge in [-0.05, 0) is 24.3 Å². The van der Waals surface area contributed by atoms with E-state index in [1.165, 1.54) is 41.5 Å². The summed E-state index contributed by atoms with van der Waals surface area (Å²) in [5.41, 5.74) is 0.541. The third kappa shape index (κ3) is 5.40. The predicted octanol–water partition coefficient (Wildman–Crippen LogP) is 3.96. The highest BCUT2D eigenvalue weighted by Gasteiger charge is 2.18. The Kier molecular flexibility index (Phi) is 7.14. The van der Waals surface area contributed by atoms with E-state index in [2.05, 4.69) is 10.3 Å². The Labute approximate surface area is 188 Å². The first kappa shape index (κ1) is 21.7. The number of hydrogen-bond acceptors (Lipinski definition) is 7. The number of nitrogens with one attached hydrogen (secondary N) is 1. The molecule has 0 spiro atoms. The number of hydrogen-bond donors (Lipinski definition) is 1. The van der Waals surface area contributed by atoms with Crippen LogP contribution in [0.1, 0.15) is 44.9 Å². The molecule has 1 fully saturated rings. The molecule has 0 aromatic carbocycles. The molecule has 0 unspecified atom stereocenters. The van der Waals surface area contributed by atoms with Gasteiger partial charge in [0.15, 0.2) is 6.61 Å². The summed E-state index contributed by atoms with van der Waals surface area (Å²) in [5.74, 6) is -0.929. The van der Waals surface area contributed by atoms with Crippen LogP contribution in [0, 0.1) is 0 Å². The molecule has 9 heteroatoms. The first-order valence-electron chi connectivity index (χ1n) is 10.6. The summed E-state index contributed by atoms with van der Waals surface area (Å²) in [6.07, 6.45) is 9.17. The van der Waals surface area contributed by atoms with Crippen molar-refractivity contribution in [2.45, 2.75) is 57.5 Å². The Bertz CT molecular complexity index is 1100. The molecule has 0 radical (unpaired) electrons. The van der Waals surface area contributed by atoms with Crippen LogP contribution in [0.15, 0.2) is 34.0 Å². The van der Waals surface area contributed by atoms with Gasteiger partial charge in [-0.3, -0.25) is 19.0 Å². The Balaban J connectivity index is 1.36. The molecule has 1 aliphatic carbocycles. The molecular formula is C22H25N3O4S2. The van der Waals surface area contributed by atoms with Gasteiger partial charge in [-0.25, -0.2) is 4.98 Å². The Hall–Kier alpha value is -2.52. The normalized spacial score (nSPS) is 15.4. The van der Waals surface area contributed by atoms with E-state index < -0.39 is 5.97 Å². The molecule has 3 heterocycles. The van der Waals surface area contributed by atoms with Gasteiger partial charge in [-0.15, -0.1) is 22.7 Å². The number of carbonyl (C=O) groups excluding carboxylic acids is 2. The minimum atomic E-state index is -0.635. The van der Waals surface area contributed by atoms with E-state index in [-0.39, 0.29) is 30.7 Å². The lowest BCUT2D eigenvalue weighted by atomic mass is 9.97. The molecule has 1 N–H and O–H groups in total. The van der Waals surface area contributed by atoms with E-state index in [9.17, 15) is 14.4 Å². The van der Waals surface area contributed by atoms with Crippen molar-refractivity contribution < 1.29 is 14.3 Å². The number of carbonyl (C=O) groups is 2. The maximum atomic E-state index is 12.9. The van der Waals surface area contributed by atoms with Crippen LogP contribution >= 0.6 is 22.7 Å². The lowest BCUT2D eigenvalue weighted by molar-refractivity contribution is -0.149. The van der Waals surface area contributed by atoms with Crippen LogP contribution in [0.5, 0.6) is 0 Å². The fraction of sp³-hybridized carbons (Fsp3) is 0.455. The lowest BCUT2D eigenvalue weighted by Gasteiger charge is -2.20. The molecule has 0 aliphatic heterocycles. The zero-order valence-electron chi connectivity index (χ0n) is 17.2. The highest BCUT2D eigenvalue weighted by Crippen LogP contribution is 2.33. The quantitative estimate of drug-likeness (QED) is 0.564. The van der Waals surface area contributed by atoms with Crippen molar-refractivity contribution in [1.82, 2.24) is 14.9 Å². The van der Waals surface area contributed by atoms with Gasteiger partial charge in [0.05, 0.1) is 11.7 Å². The molecule has 31 heavy (non-hydrogen) atoms. The van der Waals surface area contributed by atoms with Crippen LogP contribution < -0.4 is 10.9 Å². The number of fused-ring (bicyclic) bond motifs is 1. The fourth-order valence-electron chi connectivity index (χ4n) is 3.89. The molecule has 4 rings (SSSR count). The van der Waals surface area contributed by atoms with Crippen LogP contribution in [0.3, 0.4) is 0 Å².